The second-order valence-corrected chi connectivity index (χ2v) is 9.52. The van der Waals surface area contributed by atoms with Crippen molar-refractivity contribution >= 4 is 11.9 Å². The highest BCUT2D eigenvalue weighted by Gasteiger charge is 2.23. The zero-order chi connectivity index (χ0) is 24.3. The van der Waals surface area contributed by atoms with Crippen LogP contribution in [0.5, 0.6) is 0 Å². The second kappa shape index (κ2) is 13.0. The van der Waals surface area contributed by atoms with E-state index in [9.17, 15) is 9.59 Å². The lowest BCUT2D eigenvalue weighted by molar-refractivity contribution is -0.148. The monoisotopic (exact) mass is 450 g/mol. The first kappa shape index (κ1) is 26.4. The van der Waals surface area contributed by atoms with Crippen LogP contribution in [0.15, 0.2) is 61.2 Å². The third-order valence-electron chi connectivity index (χ3n) is 5.58. The van der Waals surface area contributed by atoms with Crippen LogP contribution in [0.25, 0.3) is 0 Å². The molecule has 0 aliphatic carbocycles. The summed E-state index contributed by atoms with van der Waals surface area (Å²) in [6.07, 6.45) is 5.58. The second-order valence-electron chi connectivity index (χ2n) is 9.52. The summed E-state index contributed by atoms with van der Waals surface area (Å²) in [4.78, 5) is 25.6. The van der Waals surface area contributed by atoms with Crippen molar-refractivity contribution in [2.24, 2.45) is 5.92 Å². The normalized spacial score (nSPS) is 12.1. The van der Waals surface area contributed by atoms with Crippen molar-refractivity contribution in [3.63, 3.8) is 0 Å². The van der Waals surface area contributed by atoms with E-state index in [0.717, 1.165) is 36.0 Å². The molecule has 0 aliphatic heterocycles. The van der Waals surface area contributed by atoms with Gasteiger partial charge in [-0.3, -0.25) is 4.79 Å². The predicted molar refractivity (Wildman–Crippen MR) is 133 cm³/mol. The van der Waals surface area contributed by atoms with E-state index in [2.05, 4.69) is 40.3 Å². The van der Waals surface area contributed by atoms with Crippen LogP contribution in [0.1, 0.15) is 80.4 Å². The third kappa shape index (κ3) is 8.88. The van der Waals surface area contributed by atoms with Crippen molar-refractivity contribution in [3.05, 3.63) is 83.4 Å². The molecular formula is C29H38O4. The number of rotatable bonds is 12. The van der Waals surface area contributed by atoms with Gasteiger partial charge in [-0.15, -0.1) is 6.58 Å². The van der Waals surface area contributed by atoms with Crippen molar-refractivity contribution < 1.29 is 19.1 Å². The molecule has 2 rings (SSSR count). The van der Waals surface area contributed by atoms with E-state index in [0.29, 0.717) is 25.0 Å². The van der Waals surface area contributed by atoms with Gasteiger partial charge >= 0.3 is 11.9 Å². The molecule has 33 heavy (non-hydrogen) atoms. The fourth-order valence-electron chi connectivity index (χ4n) is 3.51. The van der Waals surface area contributed by atoms with Gasteiger partial charge in [-0.2, -0.15) is 0 Å². The van der Waals surface area contributed by atoms with Gasteiger partial charge in [0.05, 0.1) is 18.1 Å². The first-order chi connectivity index (χ1) is 15.7. The van der Waals surface area contributed by atoms with Crippen LogP contribution in [0.4, 0.5) is 0 Å². The fourth-order valence-corrected chi connectivity index (χ4v) is 3.51. The molecule has 0 saturated heterocycles. The lowest BCUT2D eigenvalue weighted by Crippen LogP contribution is -2.21. The standard InChI is InChI=1S/C29H38O4/c1-6-8-15-24(27(30)32-16-9-7-2)17-23-18-25(20-26(19-23)29(3,4)5)28(31)33-21-22-13-11-10-12-14-22/h6,10-14,18-20,24H,1,7-9,15-17,21H2,2-5H3. The van der Waals surface area contributed by atoms with Crippen molar-refractivity contribution in [1.82, 2.24) is 0 Å². The Morgan fingerprint density at radius 3 is 2.39 bits per heavy atom. The van der Waals surface area contributed by atoms with Gasteiger partial charge in [0.25, 0.3) is 0 Å². The number of hydrogen-bond acceptors (Lipinski definition) is 4. The Balaban J connectivity index is 2.25. The summed E-state index contributed by atoms with van der Waals surface area (Å²) in [6.45, 7) is 12.9. The molecule has 0 bridgehead atoms. The molecule has 4 heteroatoms. The fraction of sp³-hybridized carbons (Fsp3) is 0.448. The van der Waals surface area contributed by atoms with Gasteiger partial charge in [0.1, 0.15) is 6.61 Å². The molecule has 0 N–H and O–H groups in total. The molecule has 0 saturated carbocycles. The molecule has 0 fully saturated rings. The van der Waals surface area contributed by atoms with Crippen LogP contribution >= 0.6 is 0 Å². The number of allylic oxidation sites excluding steroid dienone is 1. The summed E-state index contributed by atoms with van der Waals surface area (Å²) in [5.41, 5.74) is 3.28. The maximum Gasteiger partial charge on any atom is 0.338 e. The van der Waals surface area contributed by atoms with Crippen molar-refractivity contribution in [2.75, 3.05) is 6.61 Å². The summed E-state index contributed by atoms with van der Waals surface area (Å²) in [7, 11) is 0. The first-order valence-electron chi connectivity index (χ1n) is 11.9. The lowest BCUT2D eigenvalue weighted by Gasteiger charge is -2.22. The summed E-state index contributed by atoms with van der Waals surface area (Å²) in [6, 6.07) is 15.5. The summed E-state index contributed by atoms with van der Waals surface area (Å²) < 4.78 is 11.1. The Labute approximate surface area is 199 Å². The number of unbranched alkanes of at least 4 members (excludes halogenated alkanes) is 1. The number of ether oxygens (including phenoxy) is 2. The Hall–Kier alpha value is -2.88. The molecule has 4 nitrogen and oxygen atoms in total. The molecule has 178 valence electrons. The molecule has 0 aromatic heterocycles. The molecule has 0 radical (unpaired) electrons. The molecule has 2 aromatic carbocycles. The summed E-state index contributed by atoms with van der Waals surface area (Å²) >= 11 is 0. The summed E-state index contributed by atoms with van der Waals surface area (Å²) in [5.74, 6) is -0.817. The van der Waals surface area contributed by atoms with Crippen molar-refractivity contribution in [2.45, 2.75) is 71.8 Å². The SMILES string of the molecule is C=CCCC(Cc1cc(C(=O)OCc2ccccc2)cc(C(C)(C)C)c1)C(=O)OCCCC. The van der Waals surface area contributed by atoms with Gasteiger partial charge in [0.15, 0.2) is 0 Å². The van der Waals surface area contributed by atoms with Crippen LogP contribution in [-0.2, 0) is 32.7 Å². The molecule has 0 amide bonds. The minimum atomic E-state index is -0.362. The molecule has 0 aliphatic rings. The van der Waals surface area contributed by atoms with Gasteiger partial charge in [-0.05, 0) is 59.9 Å². The van der Waals surface area contributed by atoms with Gasteiger partial charge in [0, 0.05) is 0 Å². The number of carbonyl (C=O) groups is 2. The highest BCUT2D eigenvalue weighted by atomic mass is 16.5. The Morgan fingerprint density at radius 1 is 1.03 bits per heavy atom. The van der Waals surface area contributed by atoms with E-state index in [1.54, 1.807) is 0 Å². The number of carbonyl (C=O) groups excluding carboxylic acids is 2. The van der Waals surface area contributed by atoms with E-state index in [-0.39, 0.29) is 29.9 Å². The number of esters is 2. The predicted octanol–water partition coefficient (Wildman–Crippen LogP) is 6.81. The van der Waals surface area contributed by atoms with Crippen LogP contribution in [0.2, 0.25) is 0 Å². The third-order valence-corrected chi connectivity index (χ3v) is 5.58. The Bertz CT molecular complexity index is 909. The van der Waals surface area contributed by atoms with Gasteiger partial charge in [0.2, 0.25) is 0 Å². The minimum absolute atomic E-state index is 0.150. The van der Waals surface area contributed by atoms with E-state index >= 15 is 0 Å². The number of benzene rings is 2. The lowest BCUT2D eigenvalue weighted by atomic mass is 9.83. The van der Waals surface area contributed by atoms with E-state index in [1.165, 1.54) is 0 Å². The smallest absolute Gasteiger partial charge is 0.338 e. The van der Waals surface area contributed by atoms with Gasteiger partial charge in [-0.25, -0.2) is 4.79 Å². The quantitative estimate of drug-likeness (QED) is 0.202. The number of hydrogen-bond donors (Lipinski definition) is 0. The average molecular weight is 451 g/mol. The van der Waals surface area contributed by atoms with Gasteiger partial charge in [-0.1, -0.05) is 76.6 Å². The molecule has 1 unspecified atom stereocenters. The maximum atomic E-state index is 12.9. The zero-order valence-corrected chi connectivity index (χ0v) is 20.6. The van der Waals surface area contributed by atoms with E-state index in [1.807, 2.05) is 48.5 Å². The maximum absolute atomic E-state index is 12.9. The molecule has 1 atom stereocenters. The van der Waals surface area contributed by atoms with Crippen LogP contribution in [0.3, 0.4) is 0 Å². The molecule has 2 aromatic rings. The van der Waals surface area contributed by atoms with E-state index < -0.39 is 0 Å². The molecular weight excluding hydrogens is 412 g/mol. The zero-order valence-electron chi connectivity index (χ0n) is 20.6. The highest BCUT2D eigenvalue weighted by molar-refractivity contribution is 5.90. The Kier molecular flexibility index (Phi) is 10.4. The highest BCUT2D eigenvalue weighted by Crippen LogP contribution is 2.27. The average Bonchev–Trinajstić information content (AvgIpc) is 2.80. The van der Waals surface area contributed by atoms with Gasteiger partial charge < -0.3 is 9.47 Å². The summed E-state index contributed by atoms with van der Waals surface area (Å²) in [5, 5.41) is 0. The van der Waals surface area contributed by atoms with E-state index in [4.69, 9.17) is 9.47 Å². The molecule has 0 spiro atoms. The van der Waals surface area contributed by atoms with Crippen LogP contribution < -0.4 is 0 Å². The Morgan fingerprint density at radius 2 is 1.76 bits per heavy atom. The largest absolute Gasteiger partial charge is 0.465 e. The molecule has 0 heterocycles. The topological polar surface area (TPSA) is 52.6 Å². The van der Waals surface area contributed by atoms with Crippen LogP contribution in [0, 0.1) is 5.92 Å². The minimum Gasteiger partial charge on any atom is -0.465 e. The van der Waals surface area contributed by atoms with Crippen molar-refractivity contribution in [3.8, 4) is 0 Å². The first-order valence-corrected chi connectivity index (χ1v) is 11.9. The van der Waals surface area contributed by atoms with Crippen LogP contribution in [-0.4, -0.2) is 18.5 Å². The van der Waals surface area contributed by atoms with Crippen molar-refractivity contribution in [1.29, 1.82) is 0 Å².